The van der Waals surface area contributed by atoms with Gasteiger partial charge in [0.25, 0.3) is 0 Å². The van der Waals surface area contributed by atoms with Gasteiger partial charge in [-0.2, -0.15) is 0 Å². The number of fused-ring (bicyclic) bond motifs is 1. The molecule has 1 aromatic heterocycles. The second-order valence-corrected chi connectivity index (χ2v) is 5.64. The normalized spacial score (nSPS) is 10.9. The highest BCUT2D eigenvalue weighted by Crippen LogP contribution is 2.33. The minimum Gasteiger partial charge on any atom is -0.326 e. The van der Waals surface area contributed by atoms with Gasteiger partial charge in [-0.3, -0.25) is 0 Å². The van der Waals surface area contributed by atoms with Gasteiger partial charge in [-0.25, -0.2) is 9.97 Å². The van der Waals surface area contributed by atoms with Crippen molar-refractivity contribution in [3.05, 3.63) is 59.9 Å². The fraction of sp³-hybridized carbons (Fsp3) is 0.125. The number of para-hydroxylation sites is 1. The summed E-state index contributed by atoms with van der Waals surface area (Å²) in [5, 5.41) is 2.04. The molecule has 2 N–H and O–H groups in total. The van der Waals surface area contributed by atoms with E-state index in [2.05, 4.69) is 35.1 Å². The number of hydrogen-bond donors (Lipinski definition) is 1. The van der Waals surface area contributed by atoms with Gasteiger partial charge in [-0.15, -0.1) is 0 Å². The van der Waals surface area contributed by atoms with E-state index in [4.69, 9.17) is 5.73 Å². The third-order valence-electron chi connectivity index (χ3n) is 3.15. The lowest BCUT2D eigenvalue weighted by molar-refractivity contribution is 1.02. The largest absolute Gasteiger partial charge is 0.326 e. The van der Waals surface area contributed by atoms with Crippen molar-refractivity contribution in [2.45, 2.75) is 23.4 Å². The quantitative estimate of drug-likeness (QED) is 0.746. The molecule has 0 radical (unpaired) electrons. The Kier molecular flexibility index (Phi) is 3.67. The van der Waals surface area contributed by atoms with Crippen LogP contribution in [0, 0.1) is 6.92 Å². The van der Waals surface area contributed by atoms with E-state index < -0.39 is 0 Å². The summed E-state index contributed by atoms with van der Waals surface area (Å²) in [7, 11) is 0. The first-order valence-electron chi connectivity index (χ1n) is 6.45. The standard InChI is InChI=1S/C16H15N3S/c1-11-6-7-15(12(8-11)9-17)20-16-13-4-2-3-5-14(13)18-10-19-16/h2-8,10H,9,17H2,1H3. The maximum absolute atomic E-state index is 5.84. The molecule has 0 aliphatic carbocycles. The number of aryl methyl sites for hydroxylation is 1. The molecule has 0 unspecified atom stereocenters. The number of nitrogens with zero attached hydrogens (tertiary/aromatic N) is 2. The van der Waals surface area contributed by atoms with Gasteiger partial charge in [-0.1, -0.05) is 47.7 Å². The highest BCUT2D eigenvalue weighted by atomic mass is 32.2. The Morgan fingerprint density at radius 3 is 2.80 bits per heavy atom. The average Bonchev–Trinajstić information content (AvgIpc) is 2.49. The third kappa shape index (κ3) is 2.53. The van der Waals surface area contributed by atoms with Crippen LogP contribution in [0.2, 0.25) is 0 Å². The first-order chi connectivity index (χ1) is 9.78. The summed E-state index contributed by atoms with van der Waals surface area (Å²) >= 11 is 1.65. The van der Waals surface area contributed by atoms with Crippen molar-refractivity contribution < 1.29 is 0 Å². The van der Waals surface area contributed by atoms with E-state index in [1.54, 1.807) is 18.1 Å². The van der Waals surface area contributed by atoms with Crippen molar-refractivity contribution in [2.75, 3.05) is 0 Å². The Labute approximate surface area is 122 Å². The van der Waals surface area contributed by atoms with Crippen LogP contribution < -0.4 is 5.73 Å². The summed E-state index contributed by atoms with van der Waals surface area (Å²) < 4.78 is 0. The Morgan fingerprint density at radius 1 is 1.10 bits per heavy atom. The van der Waals surface area contributed by atoms with Crippen LogP contribution in [-0.4, -0.2) is 9.97 Å². The minimum absolute atomic E-state index is 0.535. The summed E-state index contributed by atoms with van der Waals surface area (Å²) in [6, 6.07) is 14.4. The van der Waals surface area contributed by atoms with Crippen LogP contribution in [0.5, 0.6) is 0 Å². The molecule has 20 heavy (non-hydrogen) atoms. The molecule has 1 heterocycles. The van der Waals surface area contributed by atoms with Crippen LogP contribution in [0.4, 0.5) is 0 Å². The second kappa shape index (κ2) is 5.61. The second-order valence-electron chi connectivity index (χ2n) is 4.61. The van der Waals surface area contributed by atoms with Crippen LogP contribution in [0.1, 0.15) is 11.1 Å². The number of aromatic nitrogens is 2. The first-order valence-corrected chi connectivity index (χ1v) is 7.27. The molecule has 0 spiro atoms. The fourth-order valence-corrected chi connectivity index (χ4v) is 3.13. The van der Waals surface area contributed by atoms with E-state index >= 15 is 0 Å². The van der Waals surface area contributed by atoms with Crippen molar-refractivity contribution in [3.63, 3.8) is 0 Å². The Bertz CT molecular complexity index is 750. The third-order valence-corrected chi connectivity index (χ3v) is 4.29. The van der Waals surface area contributed by atoms with Crippen molar-refractivity contribution in [1.82, 2.24) is 9.97 Å². The molecule has 3 rings (SSSR count). The molecule has 0 saturated heterocycles. The molecule has 0 amide bonds. The van der Waals surface area contributed by atoms with Gasteiger partial charge in [0, 0.05) is 16.8 Å². The van der Waals surface area contributed by atoms with E-state index in [1.807, 2.05) is 24.3 Å². The lowest BCUT2D eigenvalue weighted by Crippen LogP contribution is -1.99. The molecule has 3 aromatic rings. The monoisotopic (exact) mass is 281 g/mol. The summed E-state index contributed by atoms with van der Waals surface area (Å²) in [6.07, 6.45) is 1.61. The lowest BCUT2D eigenvalue weighted by Gasteiger charge is -2.09. The summed E-state index contributed by atoms with van der Waals surface area (Å²) in [4.78, 5) is 9.86. The van der Waals surface area contributed by atoms with E-state index in [1.165, 1.54) is 5.56 Å². The number of rotatable bonds is 3. The molecule has 3 nitrogen and oxygen atoms in total. The lowest BCUT2D eigenvalue weighted by atomic mass is 10.1. The Morgan fingerprint density at radius 2 is 1.95 bits per heavy atom. The topological polar surface area (TPSA) is 51.8 Å². The van der Waals surface area contributed by atoms with Gasteiger partial charge < -0.3 is 5.73 Å². The molecule has 0 saturated carbocycles. The number of nitrogens with two attached hydrogens (primary N) is 1. The van der Waals surface area contributed by atoms with Crippen LogP contribution in [0.3, 0.4) is 0 Å². The van der Waals surface area contributed by atoms with Gasteiger partial charge in [0.05, 0.1) is 5.52 Å². The van der Waals surface area contributed by atoms with Crippen molar-refractivity contribution in [2.24, 2.45) is 5.73 Å². The predicted octanol–water partition coefficient (Wildman–Crippen LogP) is 3.55. The Hall–Kier alpha value is -1.91. The molecular formula is C16H15N3S. The SMILES string of the molecule is Cc1ccc(Sc2ncnc3ccccc23)c(CN)c1. The molecule has 4 heteroatoms. The number of benzene rings is 2. The van der Waals surface area contributed by atoms with Crippen LogP contribution in [0.15, 0.2) is 58.7 Å². The number of hydrogen-bond acceptors (Lipinski definition) is 4. The zero-order valence-corrected chi connectivity index (χ0v) is 12.0. The minimum atomic E-state index is 0.535. The molecule has 0 fully saturated rings. The first kappa shape index (κ1) is 13.1. The summed E-state index contributed by atoms with van der Waals surface area (Å²) in [5.41, 5.74) is 9.18. The molecule has 2 aromatic carbocycles. The van der Waals surface area contributed by atoms with Crippen molar-refractivity contribution >= 4 is 22.7 Å². The molecular weight excluding hydrogens is 266 g/mol. The molecule has 0 aliphatic rings. The van der Waals surface area contributed by atoms with E-state index in [9.17, 15) is 0 Å². The van der Waals surface area contributed by atoms with Gasteiger partial charge >= 0.3 is 0 Å². The van der Waals surface area contributed by atoms with Gasteiger partial charge in [0.1, 0.15) is 11.4 Å². The highest BCUT2D eigenvalue weighted by Gasteiger charge is 2.08. The zero-order valence-electron chi connectivity index (χ0n) is 11.2. The maximum atomic E-state index is 5.84. The molecule has 0 bridgehead atoms. The maximum Gasteiger partial charge on any atom is 0.117 e. The molecule has 0 aliphatic heterocycles. The van der Waals surface area contributed by atoms with Gasteiger partial charge in [0.15, 0.2) is 0 Å². The summed E-state index contributed by atoms with van der Waals surface area (Å²) in [6.45, 7) is 2.61. The van der Waals surface area contributed by atoms with E-state index in [-0.39, 0.29) is 0 Å². The van der Waals surface area contributed by atoms with E-state index in [0.29, 0.717) is 6.54 Å². The van der Waals surface area contributed by atoms with Gasteiger partial charge in [0.2, 0.25) is 0 Å². The predicted molar refractivity (Wildman–Crippen MR) is 82.7 cm³/mol. The Balaban J connectivity index is 2.05. The van der Waals surface area contributed by atoms with Crippen LogP contribution in [-0.2, 0) is 6.54 Å². The fourth-order valence-electron chi connectivity index (χ4n) is 2.13. The summed E-state index contributed by atoms with van der Waals surface area (Å²) in [5.74, 6) is 0. The van der Waals surface area contributed by atoms with Gasteiger partial charge in [-0.05, 0) is 24.6 Å². The molecule has 100 valence electrons. The van der Waals surface area contributed by atoms with Crippen LogP contribution in [0.25, 0.3) is 10.9 Å². The van der Waals surface area contributed by atoms with Crippen molar-refractivity contribution in [1.29, 1.82) is 0 Å². The highest BCUT2D eigenvalue weighted by molar-refractivity contribution is 7.99. The zero-order chi connectivity index (χ0) is 13.9. The van der Waals surface area contributed by atoms with Crippen molar-refractivity contribution in [3.8, 4) is 0 Å². The smallest absolute Gasteiger partial charge is 0.117 e. The molecule has 0 atom stereocenters. The van der Waals surface area contributed by atoms with E-state index in [0.717, 1.165) is 26.4 Å². The van der Waals surface area contributed by atoms with Crippen LogP contribution >= 0.6 is 11.8 Å². The average molecular weight is 281 g/mol.